The number of carbonyl (C=O) groups excluding carboxylic acids is 3. The van der Waals surface area contributed by atoms with E-state index in [0.717, 1.165) is 10.4 Å². The summed E-state index contributed by atoms with van der Waals surface area (Å²) in [5.74, 6) is -2.67. The highest BCUT2D eigenvalue weighted by Crippen LogP contribution is 2.35. The SMILES string of the molecule is CCOC(=O)c1c(N=CC2C(=O)NC(=S)NC2=O)sc(C)c1C. The molecular weight excluding hydrogens is 338 g/mol. The largest absolute Gasteiger partial charge is 0.462 e. The number of aryl methyl sites for hydroxylation is 1. The molecular formula is C14H15N3O4S2. The van der Waals surface area contributed by atoms with Crippen LogP contribution in [0.4, 0.5) is 5.00 Å². The van der Waals surface area contributed by atoms with Crippen LogP contribution in [0.15, 0.2) is 4.99 Å². The van der Waals surface area contributed by atoms with E-state index in [2.05, 4.69) is 15.6 Å². The van der Waals surface area contributed by atoms with Crippen LogP contribution in [-0.2, 0) is 14.3 Å². The quantitative estimate of drug-likeness (QED) is 0.369. The highest BCUT2D eigenvalue weighted by Gasteiger charge is 2.31. The lowest BCUT2D eigenvalue weighted by Gasteiger charge is -2.19. The van der Waals surface area contributed by atoms with E-state index in [4.69, 9.17) is 17.0 Å². The van der Waals surface area contributed by atoms with Crippen molar-refractivity contribution >= 4 is 57.7 Å². The van der Waals surface area contributed by atoms with Gasteiger partial charge >= 0.3 is 5.97 Å². The average molecular weight is 353 g/mol. The molecule has 9 heteroatoms. The molecule has 0 aliphatic carbocycles. The summed E-state index contributed by atoms with van der Waals surface area (Å²) in [6.07, 6.45) is 1.21. The molecule has 2 heterocycles. The van der Waals surface area contributed by atoms with Gasteiger partial charge in [-0.05, 0) is 38.6 Å². The van der Waals surface area contributed by atoms with Crippen molar-refractivity contribution in [2.45, 2.75) is 20.8 Å². The van der Waals surface area contributed by atoms with Gasteiger partial charge in [0, 0.05) is 11.1 Å². The van der Waals surface area contributed by atoms with E-state index in [1.54, 1.807) is 13.8 Å². The van der Waals surface area contributed by atoms with E-state index < -0.39 is 23.7 Å². The molecule has 1 fully saturated rings. The molecule has 2 amide bonds. The zero-order valence-corrected chi connectivity index (χ0v) is 14.4. The first-order valence-electron chi connectivity index (χ1n) is 6.82. The van der Waals surface area contributed by atoms with Gasteiger partial charge in [-0.2, -0.15) is 0 Å². The van der Waals surface area contributed by atoms with Crippen LogP contribution in [0.1, 0.15) is 27.7 Å². The Morgan fingerprint density at radius 2 is 1.96 bits per heavy atom. The van der Waals surface area contributed by atoms with Crippen LogP contribution in [0.2, 0.25) is 0 Å². The third-order valence-corrected chi connectivity index (χ3v) is 4.54. The van der Waals surface area contributed by atoms with Crippen molar-refractivity contribution in [2.24, 2.45) is 10.9 Å². The number of ether oxygens (including phenoxy) is 1. The summed E-state index contributed by atoms with van der Waals surface area (Å²) in [6, 6.07) is 0. The molecule has 0 unspecified atom stereocenters. The van der Waals surface area contributed by atoms with Gasteiger partial charge in [0.15, 0.2) is 11.0 Å². The number of nitrogens with one attached hydrogen (secondary N) is 2. The number of thiocarbonyl (C=S) groups is 1. The third-order valence-electron chi connectivity index (χ3n) is 3.23. The Balaban J connectivity index is 2.31. The number of aliphatic imine (C=N–C) groups is 1. The number of esters is 1. The molecule has 1 saturated heterocycles. The maximum Gasteiger partial charge on any atom is 0.341 e. The summed E-state index contributed by atoms with van der Waals surface area (Å²) in [4.78, 5) is 40.7. The fourth-order valence-corrected chi connectivity index (χ4v) is 3.15. The monoisotopic (exact) mass is 353 g/mol. The molecule has 122 valence electrons. The van der Waals surface area contributed by atoms with E-state index in [9.17, 15) is 14.4 Å². The molecule has 1 aliphatic heterocycles. The molecule has 23 heavy (non-hydrogen) atoms. The highest BCUT2D eigenvalue weighted by atomic mass is 32.1. The minimum atomic E-state index is -1.10. The van der Waals surface area contributed by atoms with Gasteiger partial charge in [-0.1, -0.05) is 0 Å². The second-order valence-electron chi connectivity index (χ2n) is 4.75. The molecule has 7 nitrogen and oxygen atoms in total. The first kappa shape index (κ1) is 17.2. The Labute approximate surface area is 142 Å². The van der Waals surface area contributed by atoms with Crippen LogP contribution in [-0.4, -0.2) is 35.7 Å². The molecule has 0 saturated carbocycles. The van der Waals surface area contributed by atoms with Crippen molar-refractivity contribution < 1.29 is 19.1 Å². The lowest BCUT2D eigenvalue weighted by molar-refractivity contribution is -0.131. The van der Waals surface area contributed by atoms with Crippen molar-refractivity contribution in [2.75, 3.05) is 6.61 Å². The topological polar surface area (TPSA) is 96.9 Å². The first-order valence-corrected chi connectivity index (χ1v) is 8.04. The number of hydrogen-bond acceptors (Lipinski definition) is 7. The van der Waals surface area contributed by atoms with Gasteiger partial charge in [0.05, 0.1) is 12.2 Å². The number of carbonyl (C=O) groups is 3. The van der Waals surface area contributed by atoms with E-state index in [0.29, 0.717) is 10.6 Å². The van der Waals surface area contributed by atoms with Crippen LogP contribution in [0.3, 0.4) is 0 Å². The second-order valence-corrected chi connectivity index (χ2v) is 6.36. The van der Waals surface area contributed by atoms with Gasteiger partial charge in [0.1, 0.15) is 5.00 Å². The Morgan fingerprint density at radius 3 is 2.52 bits per heavy atom. The predicted molar refractivity (Wildman–Crippen MR) is 90.3 cm³/mol. The maximum atomic E-state index is 12.1. The maximum absolute atomic E-state index is 12.1. The van der Waals surface area contributed by atoms with E-state index >= 15 is 0 Å². The molecule has 1 aromatic heterocycles. The predicted octanol–water partition coefficient (Wildman–Crippen LogP) is 1.39. The Kier molecular flexibility index (Phi) is 5.22. The molecule has 0 aromatic carbocycles. The smallest absolute Gasteiger partial charge is 0.341 e. The number of nitrogens with zero attached hydrogens (tertiary/aromatic N) is 1. The fourth-order valence-electron chi connectivity index (χ4n) is 1.95. The Bertz CT molecular complexity index is 704. The summed E-state index contributed by atoms with van der Waals surface area (Å²) in [7, 11) is 0. The molecule has 1 aromatic rings. The molecule has 2 N–H and O–H groups in total. The van der Waals surface area contributed by atoms with Gasteiger partial charge in [-0.25, -0.2) is 9.79 Å². The molecule has 1 aliphatic rings. The van der Waals surface area contributed by atoms with Gasteiger partial charge in [0.25, 0.3) is 0 Å². The van der Waals surface area contributed by atoms with Crippen LogP contribution < -0.4 is 10.6 Å². The minimum Gasteiger partial charge on any atom is -0.462 e. The summed E-state index contributed by atoms with van der Waals surface area (Å²) in [5.41, 5.74) is 1.14. The van der Waals surface area contributed by atoms with Gasteiger partial charge < -0.3 is 15.4 Å². The summed E-state index contributed by atoms with van der Waals surface area (Å²) in [5, 5.41) is 5.08. The standard InChI is InChI=1S/C14H15N3O4S2/c1-4-21-13(20)9-6(2)7(3)23-12(9)15-5-8-10(18)16-14(22)17-11(8)19/h5,8H,4H2,1-3H3,(H2,16,17,18,19,22). The average Bonchev–Trinajstić information content (AvgIpc) is 2.73. The molecule has 2 rings (SSSR count). The highest BCUT2D eigenvalue weighted by molar-refractivity contribution is 7.80. The minimum absolute atomic E-state index is 0.0281. The summed E-state index contributed by atoms with van der Waals surface area (Å²) < 4.78 is 5.03. The van der Waals surface area contributed by atoms with Crippen LogP contribution in [0, 0.1) is 19.8 Å². The lowest BCUT2D eigenvalue weighted by atomic mass is 10.1. The van der Waals surface area contributed by atoms with Crippen LogP contribution in [0.25, 0.3) is 0 Å². The molecule has 0 radical (unpaired) electrons. The number of amides is 2. The third kappa shape index (κ3) is 3.62. The number of hydrogen-bond donors (Lipinski definition) is 2. The van der Waals surface area contributed by atoms with Crippen molar-refractivity contribution in [3.05, 3.63) is 16.0 Å². The summed E-state index contributed by atoms with van der Waals surface area (Å²) in [6.45, 7) is 5.63. The molecule has 0 atom stereocenters. The molecule has 0 bridgehead atoms. The van der Waals surface area contributed by atoms with Gasteiger partial charge in [-0.3, -0.25) is 9.59 Å². The van der Waals surface area contributed by atoms with E-state index in [1.165, 1.54) is 17.6 Å². The van der Waals surface area contributed by atoms with Crippen molar-refractivity contribution in [3.63, 3.8) is 0 Å². The van der Waals surface area contributed by atoms with Crippen LogP contribution in [0.5, 0.6) is 0 Å². The van der Waals surface area contributed by atoms with E-state index in [1.807, 2.05) is 6.92 Å². The normalized spacial score (nSPS) is 15.7. The van der Waals surface area contributed by atoms with Crippen LogP contribution >= 0.6 is 23.6 Å². The Morgan fingerprint density at radius 1 is 1.35 bits per heavy atom. The number of thiophene rings is 1. The van der Waals surface area contributed by atoms with Gasteiger partial charge in [0.2, 0.25) is 11.8 Å². The number of rotatable bonds is 4. The van der Waals surface area contributed by atoms with Crippen molar-refractivity contribution in [1.82, 2.24) is 10.6 Å². The first-order chi connectivity index (χ1) is 10.8. The summed E-state index contributed by atoms with van der Waals surface area (Å²) >= 11 is 6.03. The van der Waals surface area contributed by atoms with Crippen molar-refractivity contribution in [1.29, 1.82) is 0 Å². The second kappa shape index (κ2) is 6.97. The molecule has 0 spiro atoms. The zero-order chi connectivity index (χ0) is 17.1. The van der Waals surface area contributed by atoms with E-state index in [-0.39, 0.29) is 11.7 Å². The lowest BCUT2D eigenvalue weighted by Crippen LogP contribution is -2.56. The zero-order valence-electron chi connectivity index (χ0n) is 12.8. The van der Waals surface area contributed by atoms with Gasteiger partial charge in [-0.15, -0.1) is 11.3 Å². The van der Waals surface area contributed by atoms with Crippen molar-refractivity contribution in [3.8, 4) is 0 Å². The Hall–Kier alpha value is -2.13. The fraction of sp³-hybridized carbons (Fsp3) is 0.357.